The van der Waals surface area contributed by atoms with Gasteiger partial charge in [-0.25, -0.2) is 0 Å². The van der Waals surface area contributed by atoms with Crippen LogP contribution in [0.2, 0.25) is 0 Å². The quantitative estimate of drug-likeness (QED) is 0.836. The third kappa shape index (κ3) is 1.77. The molecule has 1 aromatic rings. The number of rotatable bonds is 1. The van der Waals surface area contributed by atoms with Gasteiger partial charge in [0.1, 0.15) is 0 Å². The molecular weight excluding hydrogens is 241 g/mol. The summed E-state index contributed by atoms with van der Waals surface area (Å²) in [5, 5.41) is 0. The van der Waals surface area contributed by atoms with Crippen LogP contribution >= 0.6 is 0 Å². The number of alkyl halides is 3. The Morgan fingerprint density at radius 3 is 2.78 bits per heavy atom. The largest absolute Gasteiger partial charge is 0.416 e. The van der Waals surface area contributed by atoms with E-state index in [9.17, 15) is 13.2 Å². The molecule has 0 bridgehead atoms. The van der Waals surface area contributed by atoms with Gasteiger partial charge in [-0.3, -0.25) is 0 Å². The zero-order valence-corrected chi connectivity index (χ0v) is 9.87. The standard InChI is InChI=1S/C13H15F3N2/c14-13(15,16)10-2-1-9-4-11-3-8(6-17)7-18(11)12(9)5-10/h1-2,5,8,11H,3-4,6-7,17H2. The Morgan fingerprint density at radius 2 is 2.11 bits per heavy atom. The lowest BCUT2D eigenvalue weighted by molar-refractivity contribution is -0.137. The second-order valence-electron chi connectivity index (χ2n) is 5.19. The van der Waals surface area contributed by atoms with Gasteiger partial charge in [-0.2, -0.15) is 13.2 Å². The van der Waals surface area contributed by atoms with Crippen LogP contribution in [-0.2, 0) is 12.6 Å². The molecule has 0 saturated carbocycles. The molecule has 3 rings (SSSR count). The zero-order valence-electron chi connectivity index (χ0n) is 9.87. The minimum atomic E-state index is -4.26. The molecule has 5 heteroatoms. The molecular formula is C13H15F3N2. The molecule has 98 valence electrons. The lowest BCUT2D eigenvalue weighted by atomic mass is 10.0. The molecule has 2 atom stereocenters. The van der Waals surface area contributed by atoms with E-state index < -0.39 is 11.7 Å². The van der Waals surface area contributed by atoms with Crippen LogP contribution < -0.4 is 10.6 Å². The Labute approximate surface area is 104 Å². The van der Waals surface area contributed by atoms with Crippen molar-refractivity contribution in [3.8, 4) is 0 Å². The summed E-state index contributed by atoms with van der Waals surface area (Å²) in [6.07, 6.45) is -2.42. The summed E-state index contributed by atoms with van der Waals surface area (Å²) in [7, 11) is 0. The van der Waals surface area contributed by atoms with Crippen LogP contribution in [0.4, 0.5) is 18.9 Å². The molecule has 0 aromatic heterocycles. The molecule has 1 aromatic carbocycles. The van der Waals surface area contributed by atoms with Gasteiger partial charge >= 0.3 is 6.18 Å². The first-order chi connectivity index (χ1) is 8.49. The van der Waals surface area contributed by atoms with Crippen molar-refractivity contribution >= 4 is 5.69 Å². The fourth-order valence-electron chi connectivity index (χ4n) is 3.11. The van der Waals surface area contributed by atoms with Gasteiger partial charge < -0.3 is 10.6 Å². The van der Waals surface area contributed by atoms with E-state index in [0.29, 0.717) is 18.5 Å². The Kier molecular flexibility index (Phi) is 2.55. The number of hydrogen-bond acceptors (Lipinski definition) is 2. The van der Waals surface area contributed by atoms with E-state index in [1.807, 2.05) is 0 Å². The highest BCUT2D eigenvalue weighted by molar-refractivity contribution is 5.62. The summed E-state index contributed by atoms with van der Waals surface area (Å²) in [5.41, 5.74) is 6.88. The lowest BCUT2D eigenvalue weighted by Gasteiger charge is -2.20. The van der Waals surface area contributed by atoms with Crippen molar-refractivity contribution in [2.24, 2.45) is 11.7 Å². The summed E-state index contributed by atoms with van der Waals surface area (Å²) >= 11 is 0. The van der Waals surface area contributed by atoms with Gasteiger partial charge in [0, 0.05) is 18.3 Å². The predicted molar refractivity (Wildman–Crippen MR) is 63.4 cm³/mol. The molecule has 2 nitrogen and oxygen atoms in total. The van der Waals surface area contributed by atoms with Crippen molar-refractivity contribution in [3.63, 3.8) is 0 Å². The fraction of sp³-hybridized carbons (Fsp3) is 0.538. The zero-order chi connectivity index (χ0) is 12.9. The normalized spacial score (nSPS) is 26.3. The van der Waals surface area contributed by atoms with Crippen LogP contribution in [0.25, 0.3) is 0 Å². The molecule has 1 fully saturated rings. The minimum absolute atomic E-state index is 0.344. The number of fused-ring (bicyclic) bond motifs is 3. The Bertz CT molecular complexity index is 470. The van der Waals surface area contributed by atoms with Gasteiger partial charge in [0.25, 0.3) is 0 Å². The third-order valence-electron chi connectivity index (χ3n) is 4.01. The van der Waals surface area contributed by atoms with Crippen molar-refractivity contribution in [2.75, 3.05) is 18.0 Å². The van der Waals surface area contributed by atoms with Crippen LogP contribution in [0.3, 0.4) is 0 Å². The van der Waals surface area contributed by atoms with Gasteiger partial charge in [0.2, 0.25) is 0 Å². The molecule has 18 heavy (non-hydrogen) atoms. The first kappa shape index (κ1) is 11.8. The Balaban J connectivity index is 1.94. The molecule has 2 N–H and O–H groups in total. The maximum Gasteiger partial charge on any atom is 0.416 e. The van der Waals surface area contributed by atoms with E-state index >= 15 is 0 Å². The van der Waals surface area contributed by atoms with Gasteiger partial charge in [-0.1, -0.05) is 6.07 Å². The van der Waals surface area contributed by atoms with Crippen LogP contribution in [0.15, 0.2) is 18.2 Å². The highest BCUT2D eigenvalue weighted by Gasteiger charge is 2.39. The maximum absolute atomic E-state index is 12.7. The number of halogens is 3. The minimum Gasteiger partial charge on any atom is -0.368 e. The van der Waals surface area contributed by atoms with Crippen molar-refractivity contribution in [2.45, 2.75) is 25.1 Å². The third-order valence-corrected chi connectivity index (χ3v) is 4.01. The molecule has 1 saturated heterocycles. The van der Waals surface area contributed by atoms with E-state index in [1.54, 1.807) is 6.07 Å². The van der Waals surface area contributed by atoms with E-state index in [0.717, 1.165) is 30.6 Å². The number of nitrogens with two attached hydrogens (primary N) is 1. The van der Waals surface area contributed by atoms with E-state index in [2.05, 4.69) is 4.90 Å². The smallest absolute Gasteiger partial charge is 0.368 e. The number of anilines is 1. The average Bonchev–Trinajstić information content (AvgIpc) is 2.83. The second-order valence-corrected chi connectivity index (χ2v) is 5.19. The van der Waals surface area contributed by atoms with Gasteiger partial charge in [-0.05, 0) is 43.0 Å². The molecule has 0 amide bonds. The van der Waals surface area contributed by atoms with Crippen LogP contribution in [0.5, 0.6) is 0 Å². The molecule has 2 aliphatic heterocycles. The highest BCUT2D eigenvalue weighted by atomic mass is 19.4. The van der Waals surface area contributed by atoms with Crippen LogP contribution in [-0.4, -0.2) is 19.1 Å². The van der Waals surface area contributed by atoms with Gasteiger partial charge in [0.05, 0.1) is 5.56 Å². The van der Waals surface area contributed by atoms with Crippen molar-refractivity contribution in [3.05, 3.63) is 29.3 Å². The molecule has 2 unspecified atom stereocenters. The van der Waals surface area contributed by atoms with Gasteiger partial charge in [-0.15, -0.1) is 0 Å². The van der Waals surface area contributed by atoms with E-state index in [-0.39, 0.29) is 0 Å². The average molecular weight is 256 g/mol. The topological polar surface area (TPSA) is 29.3 Å². The Morgan fingerprint density at radius 1 is 1.33 bits per heavy atom. The summed E-state index contributed by atoms with van der Waals surface area (Å²) < 4.78 is 38.1. The second kappa shape index (κ2) is 3.88. The molecule has 0 radical (unpaired) electrons. The van der Waals surface area contributed by atoms with E-state index in [1.165, 1.54) is 12.1 Å². The number of hydrogen-bond donors (Lipinski definition) is 1. The maximum atomic E-state index is 12.7. The fourth-order valence-corrected chi connectivity index (χ4v) is 3.11. The lowest BCUT2D eigenvalue weighted by Crippen LogP contribution is -2.25. The van der Waals surface area contributed by atoms with Crippen molar-refractivity contribution < 1.29 is 13.2 Å². The van der Waals surface area contributed by atoms with Gasteiger partial charge in [0.15, 0.2) is 0 Å². The Hall–Kier alpha value is -1.23. The van der Waals surface area contributed by atoms with Crippen molar-refractivity contribution in [1.82, 2.24) is 0 Å². The molecule has 0 spiro atoms. The summed E-state index contributed by atoms with van der Waals surface area (Å²) in [6, 6.07) is 4.43. The summed E-state index contributed by atoms with van der Waals surface area (Å²) in [5.74, 6) is 0.415. The first-order valence-electron chi connectivity index (χ1n) is 6.16. The first-order valence-corrected chi connectivity index (χ1v) is 6.16. The molecule has 2 heterocycles. The van der Waals surface area contributed by atoms with Crippen molar-refractivity contribution in [1.29, 1.82) is 0 Å². The van der Waals surface area contributed by atoms with Crippen LogP contribution in [0.1, 0.15) is 17.5 Å². The SMILES string of the molecule is NCC1CC2Cc3ccc(C(F)(F)F)cc3N2C1. The molecule has 2 aliphatic rings. The van der Waals surface area contributed by atoms with Crippen LogP contribution in [0, 0.1) is 5.92 Å². The highest BCUT2D eigenvalue weighted by Crippen LogP contribution is 2.42. The van der Waals surface area contributed by atoms with E-state index in [4.69, 9.17) is 5.73 Å². The summed E-state index contributed by atoms with van der Waals surface area (Å²) in [4.78, 5) is 2.10. The number of benzene rings is 1. The predicted octanol–water partition coefficient (Wildman–Crippen LogP) is 2.42. The number of nitrogens with zero attached hydrogens (tertiary/aromatic N) is 1. The monoisotopic (exact) mass is 256 g/mol. The summed E-state index contributed by atoms with van der Waals surface area (Å²) in [6.45, 7) is 1.40. The molecule has 0 aliphatic carbocycles.